The Morgan fingerprint density at radius 3 is 2.39 bits per heavy atom. The van der Waals surface area contributed by atoms with Gasteiger partial charge in [-0.2, -0.15) is 11.8 Å². The lowest BCUT2D eigenvalue weighted by molar-refractivity contribution is -0.119. The molecule has 1 atom stereocenters. The largest absolute Gasteiger partial charge is 0.320 e. The third kappa shape index (κ3) is 4.03. The number of nitrogens with zero attached hydrogens (tertiary/aromatic N) is 1. The van der Waals surface area contributed by atoms with Crippen LogP contribution >= 0.6 is 11.8 Å². The highest BCUT2D eigenvalue weighted by Gasteiger charge is 2.18. The zero-order chi connectivity index (χ0) is 13.7. The Hall–Kier alpha value is -1.00. The molecule has 0 aromatic heterocycles. The lowest BCUT2D eigenvalue weighted by Gasteiger charge is -2.22. The normalized spacial score (nSPS) is 12.3. The van der Waals surface area contributed by atoms with Crippen molar-refractivity contribution in [2.24, 2.45) is 5.73 Å². The van der Waals surface area contributed by atoms with Crippen LogP contribution in [0.15, 0.2) is 18.2 Å². The SMILES string of the molecule is CSCC[C@H](N)C(=O)N(C)c1cc(C)cc(C)c1. The second-order valence-corrected chi connectivity index (χ2v) is 5.62. The van der Waals surface area contributed by atoms with Crippen LogP contribution in [0.2, 0.25) is 0 Å². The summed E-state index contributed by atoms with van der Waals surface area (Å²) in [4.78, 5) is 13.8. The van der Waals surface area contributed by atoms with E-state index in [0.717, 1.165) is 29.0 Å². The molecule has 1 rings (SSSR count). The van der Waals surface area contributed by atoms with Crippen molar-refractivity contribution in [2.75, 3.05) is 24.0 Å². The maximum Gasteiger partial charge on any atom is 0.243 e. The molecular formula is C14H22N2OS. The van der Waals surface area contributed by atoms with Crippen molar-refractivity contribution >= 4 is 23.4 Å². The van der Waals surface area contributed by atoms with Gasteiger partial charge in [-0.05, 0) is 55.5 Å². The van der Waals surface area contributed by atoms with Gasteiger partial charge in [-0.1, -0.05) is 6.07 Å². The Morgan fingerprint density at radius 2 is 1.89 bits per heavy atom. The first-order valence-corrected chi connectivity index (χ1v) is 7.45. The molecule has 2 N–H and O–H groups in total. The summed E-state index contributed by atoms with van der Waals surface area (Å²) < 4.78 is 0. The maximum absolute atomic E-state index is 12.2. The molecule has 0 bridgehead atoms. The molecule has 1 aromatic carbocycles. The van der Waals surface area contributed by atoms with Crippen LogP contribution in [0.1, 0.15) is 17.5 Å². The molecule has 0 fully saturated rings. The Labute approximate surface area is 114 Å². The van der Waals surface area contributed by atoms with Gasteiger partial charge < -0.3 is 10.6 Å². The number of carbonyl (C=O) groups is 1. The van der Waals surface area contributed by atoms with Crippen molar-refractivity contribution in [3.8, 4) is 0 Å². The number of carbonyl (C=O) groups excluding carboxylic acids is 1. The molecule has 0 aliphatic carbocycles. The fourth-order valence-corrected chi connectivity index (χ4v) is 2.38. The summed E-state index contributed by atoms with van der Waals surface area (Å²) in [5.41, 5.74) is 9.14. The number of anilines is 1. The minimum atomic E-state index is -0.414. The summed E-state index contributed by atoms with van der Waals surface area (Å²) in [5, 5.41) is 0. The zero-order valence-electron chi connectivity index (χ0n) is 11.6. The van der Waals surface area contributed by atoms with Crippen molar-refractivity contribution in [1.29, 1.82) is 0 Å². The fraction of sp³-hybridized carbons (Fsp3) is 0.500. The zero-order valence-corrected chi connectivity index (χ0v) is 12.4. The quantitative estimate of drug-likeness (QED) is 0.890. The average Bonchev–Trinajstić information content (AvgIpc) is 2.32. The van der Waals surface area contributed by atoms with E-state index in [4.69, 9.17) is 5.73 Å². The van der Waals surface area contributed by atoms with Gasteiger partial charge in [0.15, 0.2) is 0 Å². The molecule has 0 spiro atoms. The molecule has 0 saturated carbocycles. The van der Waals surface area contributed by atoms with E-state index in [1.807, 2.05) is 32.2 Å². The maximum atomic E-state index is 12.2. The van der Waals surface area contributed by atoms with Gasteiger partial charge in [0.2, 0.25) is 5.91 Å². The lowest BCUT2D eigenvalue weighted by Crippen LogP contribution is -2.42. The molecular weight excluding hydrogens is 244 g/mol. The number of amides is 1. The average molecular weight is 266 g/mol. The Kier molecular flexibility index (Phi) is 5.69. The molecule has 0 aliphatic rings. The van der Waals surface area contributed by atoms with E-state index >= 15 is 0 Å². The molecule has 1 amide bonds. The minimum absolute atomic E-state index is 0.0194. The van der Waals surface area contributed by atoms with Crippen LogP contribution in [-0.4, -0.2) is 31.0 Å². The molecule has 0 saturated heterocycles. The van der Waals surface area contributed by atoms with E-state index in [1.54, 1.807) is 23.7 Å². The predicted molar refractivity (Wildman–Crippen MR) is 80.3 cm³/mol. The van der Waals surface area contributed by atoms with E-state index in [9.17, 15) is 4.79 Å². The highest BCUT2D eigenvalue weighted by Crippen LogP contribution is 2.18. The molecule has 4 heteroatoms. The van der Waals surface area contributed by atoms with Gasteiger partial charge in [-0.25, -0.2) is 0 Å². The van der Waals surface area contributed by atoms with Gasteiger partial charge in [-0.3, -0.25) is 4.79 Å². The van der Waals surface area contributed by atoms with E-state index in [1.165, 1.54) is 0 Å². The van der Waals surface area contributed by atoms with Crippen molar-refractivity contribution in [3.05, 3.63) is 29.3 Å². The smallest absolute Gasteiger partial charge is 0.243 e. The fourth-order valence-electron chi connectivity index (χ4n) is 1.89. The highest BCUT2D eigenvalue weighted by molar-refractivity contribution is 7.98. The van der Waals surface area contributed by atoms with E-state index in [-0.39, 0.29) is 5.91 Å². The van der Waals surface area contributed by atoms with Crippen LogP contribution in [0.25, 0.3) is 0 Å². The summed E-state index contributed by atoms with van der Waals surface area (Å²) in [6.07, 6.45) is 2.74. The summed E-state index contributed by atoms with van der Waals surface area (Å²) in [7, 11) is 1.79. The van der Waals surface area contributed by atoms with Crippen LogP contribution in [0.3, 0.4) is 0 Å². The summed E-state index contributed by atoms with van der Waals surface area (Å²) in [5.74, 6) is 0.891. The van der Waals surface area contributed by atoms with Gasteiger partial charge in [0.05, 0.1) is 6.04 Å². The van der Waals surface area contributed by atoms with E-state index in [2.05, 4.69) is 6.07 Å². The van der Waals surface area contributed by atoms with Crippen LogP contribution in [0.4, 0.5) is 5.69 Å². The van der Waals surface area contributed by atoms with Gasteiger partial charge >= 0.3 is 0 Å². The topological polar surface area (TPSA) is 46.3 Å². The Morgan fingerprint density at radius 1 is 1.33 bits per heavy atom. The van der Waals surface area contributed by atoms with Crippen LogP contribution in [-0.2, 0) is 4.79 Å². The van der Waals surface area contributed by atoms with Crippen molar-refractivity contribution in [2.45, 2.75) is 26.3 Å². The molecule has 0 aliphatic heterocycles. The van der Waals surface area contributed by atoms with Crippen molar-refractivity contribution < 1.29 is 4.79 Å². The van der Waals surface area contributed by atoms with Gasteiger partial charge in [0, 0.05) is 12.7 Å². The standard InChI is InChI=1S/C14H22N2OS/c1-10-7-11(2)9-12(8-10)16(3)14(17)13(15)5-6-18-4/h7-9,13H,5-6,15H2,1-4H3/t13-/m0/s1. The van der Waals surface area contributed by atoms with Gasteiger partial charge in [-0.15, -0.1) is 0 Å². The number of benzene rings is 1. The predicted octanol–water partition coefficient (Wildman–Crippen LogP) is 2.35. The molecule has 18 heavy (non-hydrogen) atoms. The van der Waals surface area contributed by atoms with E-state index < -0.39 is 6.04 Å². The first-order valence-electron chi connectivity index (χ1n) is 6.06. The minimum Gasteiger partial charge on any atom is -0.320 e. The molecule has 1 aromatic rings. The molecule has 0 heterocycles. The first-order chi connectivity index (χ1) is 8.45. The highest BCUT2D eigenvalue weighted by atomic mass is 32.2. The molecule has 0 radical (unpaired) electrons. The first kappa shape index (κ1) is 15.1. The third-order valence-electron chi connectivity index (χ3n) is 2.87. The Balaban J connectivity index is 2.79. The van der Waals surface area contributed by atoms with Crippen molar-refractivity contribution in [1.82, 2.24) is 0 Å². The number of aryl methyl sites for hydroxylation is 2. The number of hydrogen-bond donors (Lipinski definition) is 1. The summed E-state index contributed by atoms with van der Waals surface area (Å²) in [6.45, 7) is 4.06. The summed E-state index contributed by atoms with van der Waals surface area (Å²) >= 11 is 1.71. The lowest BCUT2D eigenvalue weighted by atomic mass is 10.1. The Bertz CT molecular complexity index is 400. The van der Waals surface area contributed by atoms with Gasteiger partial charge in [0.1, 0.15) is 0 Å². The van der Waals surface area contributed by atoms with Crippen LogP contribution < -0.4 is 10.6 Å². The monoisotopic (exact) mass is 266 g/mol. The number of nitrogens with two attached hydrogens (primary N) is 1. The number of rotatable bonds is 5. The van der Waals surface area contributed by atoms with Crippen LogP contribution in [0.5, 0.6) is 0 Å². The number of likely N-dealkylation sites (N-methyl/N-ethyl adjacent to an activating group) is 1. The summed E-state index contributed by atoms with van der Waals surface area (Å²) in [6, 6.07) is 5.69. The third-order valence-corrected chi connectivity index (χ3v) is 3.52. The second-order valence-electron chi connectivity index (χ2n) is 4.63. The number of thioether (sulfide) groups is 1. The number of hydrogen-bond acceptors (Lipinski definition) is 3. The second kappa shape index (κ2) is 6.81. The molecule has 100 valence electrons. The van der Waals surface area contributed by atoms with E-state index in [0.29, 0.717) is 0 Å². The molecule has 0 unspecified atom stereocenters. The molecule has 3 nitrogen and oxygen atoms in total. The van der Waals surface area contributed by atoms with Crippen molar-refractivity contribution in [3.63, 3.8) is 0 Å². The van der Waals surface area contributed by atoms with Crippen LogP contribution in [0, 0.1) is 13.8 Å². The van der Waals surface area contributed by atoms with Gasteiger partial charge in [0.25, 0.3) is 0 Å².